The first-order valence-electron chi connectivity index (χ1n) is 9.43. The number of anilines is 3. The van der Waals surface area contributed by atoms with E-state index in [-0.39, 0.29) is 0 Å². The summed E-state index contributed by atoms with van der Waals surface area (Å²) in [5, 5.41) is 4.05. The Morgan fingerprint density at radius 3 is 2.36 bits per heavy atom. The van der Waals surface area contributed by atoms with Crippen LogP contribution in [-0.4, -0.2) is 41.1 Å². The second-order valence-corrected chi connectivity index (χ2v) is 7.21. The monoisotopic (exact) mass is 394 g/mol. The molecule has 1 N–H and O–H groups in total. The minimum atomic E-state index is 0.593. The summed E-state index contributed by atoms with van der Waals surface area (Å²) in [6.45, 7) is 6.23. The van der Waals surface area contributed by atoms with Crippen LogP contribution in [-0.2, 0) is 6.54 Å². The molecule has 0 aliphatic carbocycles. The van der Waals surface area contributed by atoms with Crippen LogP contribution in [0.3, 0.4) is 0 Å². The number of rotatable bonds is 5. The number of aromatic nitrogens is 3. The van der Waals surface area contributed by atoms with Crippen LogP contribution >= 0.6 is 11.6 Å². The van der Waals surface area contributed by atoms with Crippen molar-refractivity contribution in [3.8, 4) is 0 Å². The zero-order valence-electron chi connectivity index (χ0n) is 15.8. The van der Waals surface area contributed by atoms with Crippen molar-refractivity contribution in [2.75, 3.05) is 41.3 Å². The Morgan fingerprint density at radius 2 is 1.64 bits per heavy atom. The average Bonchev–Trinajstić information content (AvgIpc) is 2.74. The van der Waals surface area contributed by atoms with Crippen molar-refractivity contribution in [3.05, 3.63) is 71.0 Å². The molecule has 0 atom stereocenters. The van der Waals surface area contributed by atoms with E-state index >= 15 is 0 Å². The summed E-state index contributed by atoms with van der Waals surface area (Å²) in [5.41, 5.74) is 1.97. The number of pyridine rings is 1. The molecule has 2 aromatic heterocycles. The molecule has 1 fully saturated rings. The van der Waals surface area contributed by atoms with E-state index in [1.807, 2.05) is 55.6 Å². The van der Waals surface area contributed by atoms with Gasteiger partial charge < -0.3 is 15.1 Å². The minimum absolute atomic E-state index is 0.593. The Hall–Kier alpha value is -2.86. The number of halogens is 1. The van der Waals surface area contributed by atoms with E-state index in [9.17, 15) is 0 Å². The average molecular weight is 395 g/mol. The molecule has 0 amide bonds. The summed E-state index contributed by atoms with van der Waals surface area (Å²) in [4.78, 5) is 18.3. The van der Waals surface area contributed by atoms with Gasteiger partial charge in [0.05, 0.1) is 0 Å². The fraction of sp³-hybridized carbons (Fsp3) is 0.286. The van der Waals surface area contributed by atoms with E-state index in [0.717, 1.165) is 54.1 Å². The van der Waals surface area contributed by atoms with Crippen molar-refractivity contribution in [1.82, 2.24) is 15.0 Å². The van der Waals surface area contributed by atoms with E-state index in [0.29, 0.717) is 12.5 Å². The molecule has 144 valence electrons. The molecule has 3 heterocycles. The van der Waals surface area contributed by atoms with Gasteiger partial charge in [0, 0.05) is 55.7 Å². The molecular weight excluding hydrogens is 372 g/mol. The van der Waals surface area contributed by atoms with Crippen LogP contribution in [0.15, 0.2) is 54.7 Å². The minimum Gasteiger partial charge on any atom is -0.353 e. The van der Waals surface area contributed by atoms with Crippen molar-refractivity contribution >= 4 is 29.2 Å². The van der Waals surface area contributed by atoms with Crippen molar-refractivity contribution in [2.45, 2.75) is 13.5 Å². The van der Waals surface area contributed by atoms with Gasteiger partial charge in [-0.05, 0) is 30.7 Å². The zero-order chi connectivity index (χ0) is 19.3. The molecule has 1 aliphatic heterocycles. The molecule has 0 bridgehead atoms. The first-order chi connectivity index (χ1) is 13.7. The maximum atomic E-state index is 6.24. The number of aryl methyl sites for hydroxylation is 1. The zero-order valence-corrected chi connectivity index (χ0v) is 16.6. The molecule has 0 spiro atoms. The molecule has 0 radical (unpaired) electrons. The van der Waals surface area contributed by atoms with Gasteiger partial charge in [-0.2, -0.15) is 4.98 Å². The number of hydrogen-bond donors (Lipinski definition) is 1. The fourth-order valence-electron chi connectivity index (χ4n) is 3.31. The van der Waals surface area contributed by atoms with Crippen LogP contribution in [0.4, 0.5) is 17.6 Å². The van der Waals surface area contributed by atoms with Crippen LogP contribution in [0.5, 0.6) is 0 Å². The van der Waals surface area contributed by atoms with Crippen LogP contribution in [0.25, 0.3) is 0 Å². The highest BCUT2D eigenvalue weighted by Gasteiger charge is 2.19. The summed E-state index contributed by atoms with van der Waals surface area (Å²) in [6, 6.07) is 15.9. The smallest absolute Gasteiger partial charge is 0.225 e. The second-order valence-electron chi connectivity index (χ2n) is 6.80. The van der Waals surface area contributed by atoms with E-state index in [1.54, 1.807) is 0 Å². The standard InChI is InChI=1S/C21H23ClN6/c1-16-14-20(26-21(25-16)24-15-17-6-2-3-7-18(17)22)28-12-10-27(11-13-28)19-8-4-5-9-23-19/h2-9,14H,10-13,15H2,1H3,(H,24,25,26). The SMILES string of the molecule is Cc1cc(N2CCN(c3ccccn3)CC2)nc(NCc2ccccc2Cl)n1. The number of hydrogen-bond acceptors (Lipinski definition) is 6. The van der Waals surface area contributed by atoms with Gasteiger partial charge in [0.2, 0.25) is 5.95 Å². The summed E-state index contributed by atoms with van der Waals surface area (Å²) in [5.74, 6) is 2.61. The topological polar surface area (TPSA) is 57.2 Å². The van der Waals surface area contributed by atoms with Gasteiger partial charge in [0.1, 0.15) is 11.6 Å². The largest absolute Gasteiger partial charge is 0.353 e. The van der Waals surface area contributed by atoms with E-state index in [1.165, 1.54) is 0 Å². The van der Waals surface area contributed by atoms with E-state index in [4.69, 9.17) is 16.6 Å². The van der Waals surface area contributed by atoms with Gasteiger partial charge in [0.15, 0.2) is 0 Å². The molecule has 0 saturated carbocycles. The first-order valence-corrected chi connectivity index (χ1v) is 9.81. The van der Waals surface area contributed by atoms with Crippen LogP contribution < -0.4 is 15.1 Å². The predicted molar refractivity (Wildman–Crippen MR) is 114 cm³/mol. The van der Waals surface area contributed by atoms with E-state index in [2.05, 4.69) is 31.2 Å². The molecule has 6 nitrogen and oxygen atoms in total. The Labute approximate surface area is 170 Å². The molecule has 1 aromatic carbocycles. The van der Waals surface area contributed by atoms with Gasteiger partial charge in [0.25, 0.3) is 0 Å². The van der Waals surface area contributed by atoms with Gasteiger partial charge in [-0.3, -0.25) is 0 Å². The van der Waals surface area contributed by atoms with Gasteiger partial charge in [-0.15, -0.1) is 0 Å². The molecule has 1 saturated heterocycles. The third kappa shape index (κ3) is 4.34. The van der Waals surface area contributed by atoms with Gasteiger partial charge >= 0.3 is 0 Å². The number of piperazine rings is 1. The van der Waals surface area contributed by atoms with Crippen LogP contribution in [0, 0.1) is 6.92 Å². The Kier molecular flexibility index (Phi) is 5.58. The quantitative estimate of drug-likeness (QED) is 0.710. The van der Waals surface area contributed by atoms with E-state index < -0.39 is 0 Å². The molecule has 1 aliphatic rings. The summed E-state index contributed by atoms with van der Waals surface area (Å²) < 4.78 is 0. The van der Waals surface area contributed by atoms with Gasteiger partial charge in [-0.25, -0.2) is 9.97 Å². The Balaban J connectivity index is 1.42. The predicted octanol–water partition coefficient (Wildman–Crippen LogP) is 3.77. The van der Waals surface area contributed by atoms with Crippen LogP contribution in [0.2, 0.25) is 5.02 Å². The second kappa shape index (κ2) is 8.44. The highest BCUT2D eigenvalue weighted by molar-refractivity contribution is 6.31. The van der Waals surface area contributed by atoms with Crippen molar-refractivity contribution in [2.24, 2.45) is 0 Å². The first kappa shape index (κ1) is 18.5. The highest BCUT2D eigenvalue weighted by atomic mass is 35.5. The Morgan fingerprint density at radius 1 is 0.929 bits per heavy atom. The lowest BCUT2D eigenvalue weighted by atomic mass is 10.2. The molecular formula is C21H23ClN6. The van der Waals surface area contributed by atoms with Gasteiger partial charge in [-0.1, -0.05) is 35.9 Å². The lowest BCUT2D eigenvalue weighted by Crippen LogP contribution is -2.47. The van der Waals surface area contributed by atoms with Crippen LogP contribution in [0.1, 0.15) is 11.3 Å². The molecule has 4 rings (SSSR count). The summed E-state index contributed by atoms with van der Waals surface area (Å²) >= 11 is 6.24. The number of nitrogens with zero attached hydrogens (tertiary/aromatic N) is 5. The van der Waals surface area contributed by atoms with Crippen molar-refractivity contribution in [3.63, 3.8) is 0 Å². The maximum Gasteiger partial charge on any atom is 0.225 e. The lowest BCUT2D eigenvalue weighted by molar-refractivity contribution is 0.641. The fourth-order valence-corrected chi connectivity index (χ4v) is 3.52. The summed E-state index contributed by atoms with van der Waals surface area (Å²) in [6.07, 6.45) is 1.84. The third-order valence-corrected chi connectivity index (χ3v) is 5.18. The van der Waals surface area contributed by atoms with Crippen molar-refractivity contribution < 1.29 is 0 Å². The normalized spacial score (nSPS) is 14.2. The molecule has 28 heavy (non-hydrogen) atoms. The third-order valence-electron chi connectivity index (χ3n) is 4.81. The summed E-state index contributed by atoms with van der Waals surface area (Å²) in [7, 11) is 0. The molecule has 3 aromatic rings. The number of benzene rings is 1. The molecule has 7 heteroatoms. The lowest BCUT2D eigenvalue weighted by Gasteiger charge is -2.36. The Bertz CT molecular complexity index is 925. The number of nitrogens with one attached hydrogen (secondary N) is 1. The maximum absolute atomic E-state index is 6.24. The highest BCUT2D eigenvalue weighted by Crippen LogP contribution is 2.20. The van der Waals surface area contributed by atoms with Crippen molar-refractivity contribution in [1.29, 1.82) is 0 Å². The molecule has 0 unspecified atom stereocenters.